The van der Waals surface area contributed by atoms with E-state index in [1.165, 1.54) is 6.42 Å². The molecule has 0 spiro atoms. The lowest BCUT2D eigenvalue weighted by Crippen LogP contribution is -2.34. The molecule has 21 heavy (non-hydrogen) atoms. The lowest BCUT2D eigenvalue weighted by atomic mass is 9.82. The van der Waals surface area contributed by atoms with Crippen LogP contribution in [-0.4, -0.2) is 28.4 Å². The van der Waals surface area contributed by atoms with Crippen molar-refractivity contribution in [3.05, 3.63) is 35.9 Å². The molecular formula is C17H23NO3. The highest BCUT2D eigenvalue weighted by atomic mass is 16.4. The van der Waals surface area contributed by atoms with Crippen LogP contribution in [0.15, 0.2) is 30.3 Å². The first-order valence-electron chi connectivity index (χ1n) is 7.68. The smallest absolute Gasteiger partial charge is 0.303 e. The van der Waals surface area contributed by atoms with E-state index in [1.54, 1.807) is 0 Å². The molecule has 114 valence electrons. The fourth-order valence-corrected chi connectivity index (χ4v) is 2.59. The first-order valence-corrected chi connectivity index (χ1v) is 7.68. The van der Waals surface area contributed by atoms with Gasteiger partial charge in [-0.3, -0.25) is 9.59 Å². The highest BCUT2D eigenvalue weighted by molar-refractivity contribution is 5.76. The summed E-state index contributed by atoms with van der Waals surface area (Å²) in [7, 11) is 0. The molecule has 0 heterocycles. The Kier molecular flexibility index (Phi) is 5.78. The number of amides is 1. The molecule has 1 aliphatic carbocycles. The predicted octanol–water partition coefficient (Wildman–Crippen LogP) is 3.07. The summed E-state index contributed by atoms with van der Waals surface area (Å²) in [6, 6.07) is 9.87. The van der Waals surface area contributed by atoms with Crippen molar-refractivity contribution in [2.45, 2.75) is 45.1 Å². The maximum atomic E-state index is 12.4. The molecule has 1 fully saturated rings. The molecule has 4 heteroatoms. The molecule has 1 aromatic rings. The maximum Gasteiger partial charge on any atom is 0.303 e. The quantitative estimate of drug-likeness (QED) is 0.800. The Morgan fingerprint density at radius 2 is 1.90 bits per heavy atom. The largest absolute Gasteiger partial charge is 0.481 e. The number of carboxylic acid groups (broad SMARTS) is 1. The molecule has 4 nitrogen and oxygen atoms in total. The van der Waals surface area contributed by atoms with Crippen molar-refractivity contribution >= 4 is 11.9 Å². The SMILES string of the molecule is O=C(O)CCCN(Cc1ccccc1)C(=O)CC1CCC1. The Morgan fingerprint density at radius 3 is 2.48 bits per heavy atom. The summed E-state index contributed by atoms with van der Waals surface area (Å²) in [5.74, 6) is -0.106. The van der Waals surface area contributed by atoms with Crippen molar-refractivity contribution in [3.8, 4) is 0 Å². The van der Waals surface area contributed by atoms with Gasteiger partial charge in [0.15, 0.2) is 0 Å². The van der Waals surface area contributed by atoms with E-state index in [2.05, 4.69) is 0 Å². The second-order valence-electron chi connectivity index (χ2n) is 5.80. The van der Waals surface area contributed by atoms with Gasteiger partial charge in [0, 0.05) is 25.9 Å². The molecule has 0 aromatic heterocycles. The van der Waals surface area contributed by atoms with Gasteiger partial charge in [-0.15, -0.1) is 0 Å². The summed E-state index contributed by atoms with van der Waals surface area (Å²) in [5.41, 5.74) is 1.09. The summed E-state index contributed by atoms with van der Waals surface area (Å²) in [5, 5.41) is 8.74. The number of carbonyl (C=O) groups excluding carboxylic acids is 1. The van der Waals surface area contributed by atoms with Gasteiger partial charge in [0.25, 0.3) is 0 Å². The number of carboxylic acids is 1. The third-order valence-electron chi connectivity index (χ3n) is 4.08. The summed E-state index contributed by atoms with van der Waals surface area (Å²) in [4.78, 5) is 24.9. The fourth-order valence-electron chi connectivity index (χ4n) is 2.59. The predicted molar refractivity (Wildman–Crippen MR) is 80.7 cm³/mol. The minimum Gasteiger partial charge on any atom is -0.481 e. The van der Waals surface area contributed by atoms with E-state index in [9.17, 15) is 9.59 Å². The first kappa shape index (κ1) is 15.5. The summed E-state index contributed by atoms with van der Waals surface area (Å²) < 4.78 is 0. The van der Waals surface area contributed by atoms with Crippen molar-refractivity contribution in [1.82, 2.24) is 4.90 Å². The van der Waals surface area contributed by atoms with Crippen LogP contribution in [-0.2, 0) is 16.1 Å². The Morgan fingerprint density at radius 1 is 1.19 bits per heavy atom. The van der Waals surface area contributed by atoms with Crippen molar-refractivity contribution in [3.63, 3.8) is 0 Å². The second-order valence-corrected chi connectivity index (χ2v) is 5.80. The number of carbonyl (C=O) groups is 2. The first-order chi connectivity index (χ1) is 10.1. The van der Waals surface area contributed by atoms with Crippen LogP contribution in [0.5, 0.6) is 0 Å². The van der Waals surface area contributed by atoms with E-state index in [0.717, 1.165) is 18.4 Å². The number of hydrogen-bond donors (Lipinski definition) is 1. The Balaban J connectivity index is 1.91. The van der Waals surface area contributed by atoms with Crippen molar-refractivity contribution in [2.75, 3.05) is 6.54 Å². The van der Waals surface area contributed by atoms with Gasteiger partial charge in [-0.05, 0) is 30.7 Å². The third kappa shape index (κ3) is 5.21. The zero-order valence-corrected chi connectivity index (χ0v) is 12.3. The van der Waals surface area contributed by atoms with Gasteiger partial charge in [-0.2, -0.15) is 0 Å². The van der Waals surface area contributed by atoms with Crippen LogP contribution in [0.25, 0.3) is 0 Å². The summed E-state index contributed by atoms with van der Waals surface area (Å²) in [6.07, 6.45) is 4.77. The van der Waals surface area contributed by atoms with Crippen molar-refractivity contribution in [1.29, 1.82) is 0 Å². The molecule has 0 unspecified atom stereocenters. The van der Waals surface area contributed by atoms with Gasteiger partial charge in [-0.1, -0.05) is 36.8 Å². The molecule has 0 bridgehead atoms. The molecule has 0 atom stereocenters. The highest BCUT2D eigenvalue weighted by Gasteiger charge is 2.23. The normalized spacial score (nSPS) is 14.5. The van der Waals surface area contributed by atoms with Crippen LogP contribution >= 0.6 is 0 Å². The van der Waals surface area contributed by atoms with Crippen LogP contribution in [0.2, 0.25) is 0 Å². The highest BCUT2D eigenvalue weighted by Crippen LogP contribution is 2.30. The summed E-state index contributed by atoms with van der Waals surface area (Å²) in [6.45, 7) is 1.10. The average Bonchev–Trinajstić information content (AvgIpc) is 2.42. The van der Waals surface area contributed by atoms with Crippen LogP contribution in [0, 0.1) is 5.92 Å². The van der Waals surface area contributed by atoms with E-state index >= 15 is 0 Å². The molecule has 1 saturated carbocycles. The topological polar surface area (TPSA) is 57.6 Å². The Bertz CT molecular complexity index is 468. The standard InChI is InChI=1S/C17H23NO3/c19-16(12-14-8-4-9-14)18(11-5-10-17(20)21)13-15-6-2-1-3-7-15/h1-3,6-7,14H,4-5,8-13H2,(H,20,21). The number of benzene rings is 1. The zero-order chi connectivity index (χ0) is 15.1. The van der Waals surface area contributed by atoms with Gasteiger partial charge in [0.05, 0.1) is 0 Å². The van der Waals surface area contributed by atoms with Crippen molar-refractivity contribution in [2.24, 2.45) is 5.92 Å². The fraction of sp³-hybridized carbons (Fsp3) is 0.529. The van der Waals surface area contributed by atoms with Crippen LogP contribution in [0.4, 0.5) is 0 Å². The van der Waals surface area contributed by atoms with Gasteiger partial charge in [-0.25, -0.2) is 0 Å². The molecular weight excluding hydrogens is 266 g/mol. The maximum absolute atomic E-state index is 12.4. The summed E-state index contributed by atoms with van der Waals surface area (Å²) >= 11 is 0. The minimum atomic E-state index is -0.805. The van der Waals surface area contributed by atoms with Gasteiger partial charge < -0.3 is 10.0 Å². The minimum absolute atomic E-state index is 0.113. The average molecular weight is 289 g/mol. The molecule has 1 amide bonds. The van der Waals surface area contributed by atoms with Crippen LogP contribution in [0.1, 0.15) is 44.1 Å². The number of rotatable bonds is 8. The van der Waals surface area contributed by atoms with Crippen molar-refractivity contribution < 1.29 is 14.7 Å². The lowest BCUT2D eigenvalue weighted by molar-refractivity contribution is -0.138. The Hall–Kier alpha value is -1.84. The number of nitrogens with zero attached hydrogens (tertiary/aromatic N) is 1. The van der Waals surface area contributed by atoms with E-state index in [1.807, 2.05) is 35.2 Å². The zero-order valence-electron chi connectivity index (χ0n) is 12.3. The van der Waals surface area contributed by atoms with Gasteiger partial charge in [0.2, 0.25) is 5.91 Å². The van der Waals surface area contributed by atoms with Gasteiger partial charge >= 0.3 is 5.97 Å². The molecule has 1 aromatic carbocycles. The lowest BCUT2D eigenvalue weighted by Gasteiger charge is -2.29. The van der Waals surface area contributed by atoms with E-state index in [-0.39, 0.29) is 12.3 Å². The monoisotopic (exact) mass is 289 g/mol. The van der Waals surface area contributed by atoms with Crippen LogP contribution < -0.4 is 0 Å². The number of aliphatic carboxylic acids is 1. The molecule has 1 N–H and O–H groups in total. The molecule has 0 saturated heterocycles. The van der Waals surface area contributed by atoms with E-state index < -0.39 is 5.97 Å². The molecule has 1 aliphatic rings. The van der Waals surface area contributed by atoms with Crippen LogP contribution in [0.3, 0.4) is 0 Å². The molecule has 0 radical (unpaired) electrons. The Labute approximate surface area is 125 Å². The van der Waals surface area contributed by atoms with E-state index in [0.29, 0.717) is 31.8 Å². The number of hydrogen-bond acceptors (Lipinski definition) is 2. The van der Waals surface area contributed by atoms with E-state index in [4.69, 9.17) is 5.11 Å². The third-order valence-corrected chi connectivity index (χ3v) is 4.08. The molecule has 0 aliphatic heterocycles. The van der Waals surface area contributed by atoms with Gasteiger partial charge in [0.1, 0.15) is 0 Å². The molecule has 2 rings (SSSR count). The second kappa shape index (κ2) is 7.81.